The number of hydrogen-bond donors (Lipinski definition) is 0. The van der Waals surface area contributed by atoms with Crippen molar-refractivity contribution in [3.8, 4) is 0 Å². The van der Waals surface area contributed by atoms with E-state index in [0.717, 1.165) is 0 Å². The van der Waals surface area contributed by atoms with Gasteiger partial charge in [0, 0.05) is 0 Å². The van der Waals surface area contributed by atoms with Crippen molar-refractivity contribution in [2.24, 2.45) is 0 Å². The number of hydrogen-bond acceptors (Lipinski definition) is 1. The summed E-state index contributed by atoms with van der Waals surface area (Å²) < 4.78 is 11.8. The minimum absolute atomic E-state index is 0.270. The van der Waals surface area contributed by atoms with E-state index in [-0.39, 0.29) is 5.02 Å². The highest BCUT2D eigenvalue weighted by molar-refractivity contribution is 6.30. The Hall–Kier alpha value is -0.810. The van der Waals surface area contributed by atoms with E-state index in [9.17, 15) is 4.39 Å². The van der Waals surface area contributed by atoms with Crippen molar-refractivity contribution in [1.82, 2.24) is 4.98 Å². The fourth-order valence-electron chi connectivity index (χ4n) is 0.289. The second kappa shape index (κ2) is 1.97. The van der Waals surface area contributed by atoms with Crippen molar-refractivity contribution in [2.75, 3.05) is 0 Å². The lowest BCUT2D eigenvalue weighted by atomic mass is 10.6. The van der Waals surface area contributed by atoms with E-state index in [4.69, 9.17) is 11.6 Å². The van der Waals surface area contributed by atoms with Gasteiger partial charge in [-0.25, -0.2) is 4.98 Å². The Morgan fingerprint density at radius 3 is 2.75 bits per heavy atom. The molecule has 0 saturated carbocycles. The van der Waals surface area contributed by atoms with Crippen molar-refractivity contribution in [3.05, 3.63) is 29.3 Å². The van der Waals surface area contributed by atoms with Crippen molar-refractivity contribution in [1.29, 1.82) is 0 Å². The third-order valence-corrected chi connectivity index (χ3v) is 0.768. The molecule has 0 amide bonds. The van der Waals surface area contributed by atoms with Crippen molar-refractivity contribution in [2.45, 2.75) is 0 Å². The third kappa shape index (κ3) is 1.08. The zero-order valence-electron chi connectivity index (χ0n) is 3.78. The first-order valence-corrected chi connectivity index (χ1v) is 2.28. The predicted molar refractivity (Wildman–Crippen MR) is 26.9 cm³/mol. The molecule has 0 aliphatic carbocycles. The Morgan fingerprint density at radius 1 is 1.62 bits per heavy atom. The molecule has 0 bridgehead atoms. The number of nitrogens with zero attached hydrogens (tertiary/aromatic N) is 1. The van der Waals surface area contributed by atoms with Gasteiger partial charge in [-0.15, -0.1) is 0 Å². The first-order chi connectivity index (χ1) is 3.79. The molecule has 0 aliphatic heterocycles. The summed E-state index contributed by atoms with van der Waals surface area (Å²) in [6.45, 7) is 0. The molecule has 0 atom stereocenters. The summed E-state index contributed by atoms with van der Waals surface area (Å²) in [5.74, 6) is -0.686. The van der Waals surface area contributed by atoms with Crippen LogP contribution in [0.15, 0.2) is 6.20 Å². The molecule has 0 aromatic carbocycles. The second-order valence-corrected chi connectivity index (χ2v) is 1.55. The zero-order chi connectivity index (χ0) is 5.98. The van der Waals surface area contributed by atoms with Crippen LogP contribution in [0, 0.1) is 18.1 Å². The molecule has 3 heteroatoms. The Balaban J connectivity index is 3.03. The van der Waals surface area contributed by atoms with Crippen LogP contribution in [-0.4, -0.2) is 4.98 Å². The monoisotopic (exact) mass is 129 g/mol. The van der Waals surface area contributed by atoms with Crippen molar-refractivity contribution in [3.63, 3.8) is 0 Å². The number of aromatic nitrogens is 1. The molecular weight excluding hydrogens is 129 g/mol. The average molecular weight is 130 g/mol. The minimum Gasteiger partial charge on any atom is -0.218 e. The van der Waals surface area contributed by atoms with Gasteiger partial charge in [0.25, 0.3) is 5.95 Å². The van der Waals surface area contributed by atoms with Crippen LogP contribution in [0.3, 0.4) is 0 Å². The highest BCUT2D eigenvalue weighted by Crippen LogP contribution is 1.98. The Labute approximate surface area is 51.1 Å². The smallest absolute Gasteiger partial charge is 0.218 e. The van der Waals surface area contributed by atoms with Gasteiger partial charge >= 0.3 is 0 Å². The Kier molecular flexibility index (Phi) is 1.32. The van der Waals surface area contributed by atoms with Gasteiger partial charge in [0.05, 0.1) is 6.20 Å². The summed E-state index contributed by atoms with van der Waals surface area (Å²) in [7, 11) is 0. The van der Waals surface area contributed by atoms with E-state index in [1.165, 1.54) is 6.20 Å². The molecule has 1 aromatic heterocycles. The predicted octanol–water partition coefficient (Wildman–Crippen LogP) is 1.47. The minimum atomic E-state index is -0.686. The molecule has 1 nitrogen and oxygen atoms in total. The summed E-state index contributed by atoms with van der Waals surface area (Å²) in [4.78, 5) is 3.19. The van der Waals surface area contributed by atoms with Crippen LogP contribution in [0.4, 0.5) is 4.39 Å². The summed E-state index contributed by atoms with van der Waals surface area (Å²) in [6, 6.07) is 4.37. The lowest BCUT2D eigenvalue weighted by Gasteiger charge is -1.77. The van der Waals surface area contributed by atoms with E-state index in [0.29, 0.717) is 0 Å². The standard InChI is InChI=1S/C5HClFN/c6-4-1-2-5(7)8-3-4/h3H. The van der Waals surface area contributed by atoms with Crippen LogP contribution in [0.2, 0.25) is 5.02 Å². The van der Waals surface area contributed by atoms with Crippen LogP contribution >= 0.6 is 11.6 Å². The highest BCUT2D eigenvalue weighted by atomic mass is 35.5. The third-order valence-electron chi connectivity index (χ3n) is 0.576. The maximum absolute atomic E-state index is 11.8. The second-order valence-electron chi connectivity index (χ2n) is 1.15. The van der Waals surface area contributed by atoms with E-state index in [2.05, 4.69) is 17.1 Å². The molecule has 1 heterocycles. The van der Waals surface area contributed by atoms with E-state index < -0.39 is 5.95 Å². The van der Waals surface area contributed by atoms with Gasteiger partial charge in [-0.3, -0.25) is 0 Å². The van der Waals surface area contributed by atoms with Gasteiger partial charge in [-0.05, 0) is 12.1 Å². The summed E-state index contributed by atoms with van der Waals surface area (Å²) in [5.41, 5.74) is 0. The number of halogens is 2. The normalized spacial score (nSPS) is 8.25. The fraction of sp³-hybridized carbons (Fsp3) is 0. The molecule has 40 valence electrons. The van der Waals surface area contributed by atoms with E-state index >= 15 is 0 Å². The Morgan fingerprint density at radius 2 is 2.38 bits per heavy atom. The quantitative estimate of drug-likeness (QED) is 0.517. The molecule has 0 fully saturated rings. The SMILES string of the molecule is Fc1c#cc(Cl)cn1. The van der Waals surface area contributed by atoms with Crippen LogP contribution in [-0.2, 0) is 0 Å². The molecule has 0 saturated heterocycles. The van der Waals surface area contributed by atoms with Crippen molar-refractivity contribution >= 4 is 11.6 Å². The maximum Gasteiger partial charge on any atom is 0.265 e. The van der Waals surface area contributed by atoms with Crippen LogP contribution in [0.5, 0.6) is 0 Å². The van der Waals surface area contributed by atoms with E-state index in [1.807, 2.05) is 0 Å². The Bertz CT molecular complexity index is 151. The van der Waals surface area contributed by atoms with Crippen LogP contribution in [0.1, 0.15) is 0 Å². The molecule has 0 unspecified atom stereocenters. The first-order valence-electron chi connectivity index (χ1n) is 1.90. The summed E-state index contributed by atoms with van der Waals surface area (Å²) in [5, 5.41) is 0.270. The highest BCUT2D eigenvalue weighted by Gasteiger charge is 1.84. The molecule has 1 rings (SSSR count). The van der Waals surface area contributed by atoms with E-state index in [1.54, 1.807) is 0 Å². The molecular formula is C5HClFN. The lowest BCUT2D eigenvalue weighted by molar-refractivity contribution is 0.585. The van der Waals surface area contributed by atoms with Gasteiger partial charge in [0.15, 0.2) is 0 Å². The maximum atomic E-state index is 11.8. The molecule has 0 N–H and O–H groups in total. The van der Waals surface area contributed by atoms with Crippen LogP contribution in [0.25, 0.3) is 0 Å². The lowest BCUT2D eigenvalue weighted by Crippen LogP contribution is -1.73. The zero-order valence-corrected chi connectivity index (χ0v) is 4.54. The summed E-state index contributed by atoms with van der Waals surface area (Å²) >= 11 is 5.30. The largest absolute Gasteiger partial charge is 0.265 e. The van der Waals surface area contributed by atoms with Gasteiger partial charge < -0.3 is 0 Å². The van der Waals surface area contributed by atoms with Gasteiger partial charge in [0.1, 0.15) is 5.02 Å². The average Bonchev–Trinajstić information content (AvgIpc) is 1.77. The van der Waals surface area contributed by atoms with Gasteiger partial charge in [-0.2, -0.15) is 4.39 Å². The first kappa shape index (κ1) is 5.33. The number of rotatable bonds is 0. The topological polar surface area (TPSA) is 12.9 Å². The van der Waals surface area contributed by atoms with Crippen molar-refractivity contribution < 1.29 is 4.39 Å². The molecule has 0 radical (unpaired) electrons. The molecule has 0 aliphatic rings. The molecule has 8 heavy (non-hydrogen) atoms. The molecule has 0 spiro atoms. The summed E-state index contributed by atoms with van der Waals surface area (Å²) in [6.07, 6.45) is 1.17. The van der Waals surface area contributed by atoms with Gasteiger partial charge in [0.2, 0.25) is 0 Å². The fourth-order valence-corrected chi connectivity index (χ4v) is 0.385. The molecule has 1 aromatic rings. The van der Waals surface area contributed by atoms with Crippen LogP contribution < -0.4 is 0 Å². The van der Waals surface area contributed by atoms with Gasteiger partial charge in [-0.1, -0.05) is 11.6 Å².